The molecule has 108 valence electrons. The summed E-state index contributed by atoms with van der Waals surface area (Å²) in [4.78, 5) is 14.5. The number of anilines is 1. The Hall–Kier alpha value is -1.55. The summed E-state index contributed by atoms with van der Waals surface area (Å²) < 4.78 is 0. The van der Waals surface area contributed by atoms with Gasteiger partial charge < -0.3 is 10.6 Å². The van der Waals surface area contributed by atoms with Gasteiger partial charge in [0.05, 0.1) is 10.0 Å². The van der Waals surface area contributed by atoms with Crippen molar-refractivity contribution in [3.63, 3.8) is 0 Å². The highest BCUT2D eigenvalue weighted by molar-refractivity contribution is 6.42. The molecule has 0 bridgehead atoms. The van der Waals surface area contributed by atoms with Crippen molar-refractivity contribution in [2.24, 2.45) is 5.73 Å². The van der Waals surface area contributed by atoms with Gasteiger partial charge in [0.1, 0.15) is 0 Å². The Kier molecular flexibility index (Phi) is 3.89. The van der Waals surface area contributed by atoms with Gasteiger partial charge in [-0.1, -0.05) is 41.4 Å². The fourth-order valence-electron chi connectivity index (χ4n) is 2.60. The molecule has 2 aromatic carbocycles. The molecule has 2 aromatic rings. The summed E-state index contributed by atoms with van der Waals surface area (Å²) in [6.45, 7) is 0.496. The number of amides is 1. The van der Waals surface area contributed by atoms with E-state index in [4.69, 9.17) is 28.9 Å². The van der Waals surface area contributed by atoms with Crippen LogP contribution in [0.1, 0.15) is 15.9 Å². The Balaban J connectivity index is 1.99. The van der Waals surface area contributed by atoms with Gasteiger partial charge in [-0.15, -0.1) is 0 Å². The van der Waals surface area contributed by atoms with Crippen molar-refractivity contribution < 1.29 is 4.79 Å². The fraction of sp³-hybridized carbons (Fsp3) is 0.188. The van der Waals surface area contributed by atoms with Gasteiger partial charge in [0.2, 0.25) is 0 Å². The number of halogens is 2. The molecule has 1 amide bonds. The SMILES string of the molecule is NC1Cc2ccccc2N(C(=O)c2ccc(Cl)c(Cl)c2)C1. The molecule has 5 heteroatoms. The molecule has 2 N–H and O–H groups in total. The highest BCUT2D eigenvalue weighted by Gasteiger charge is 2.27. The zero-order valence-corrected chi connectivity index (χ0v) is 12.7. The van der Waals surface area contributed by atoms with Crippen LogP contribution in [0.15, 0.2) is 42.5 Å². The molecule has 0 saturated heterocycles. The summed E-state index contributed by atoms with van der Waals surface area (Å²) in [6.07, 6.45) is 0.779. The minimum absolute atomic E-state index is 0.0633. The molecule has 1 aliphatic heterocycles. The maximum atomic E-state index is 12.7. The molecule has 1 atom stereocenters. The Bertz CT molecular complexity index is 702. The third-order valence-electron chi connectivity index (χ3n) is 3.59. The minimum atomic E-state index is -0.115. The number of hydrogen-bond acceptors (Lipinski definition) is 2. The van der Waals surface area contributed by atoms with E-state index in [0.29, 0.717) is 22.2 Å². The number of nitrogens with two attached hydrogens (primary N) is 1. The van der Waals surface area contributed by atoms with Crippen molar-refractivity contribution >= 4 is 34.8 Å². The lowest BCUT2D eigenvalue weighted by Crippen LogP contribution is -2.46. The highest BCUT2D eigenvalue weighted by atomic mass is 35.5. The number of benzene rings is 2. The predicted molar refractivity (Wildman–Crippen MR) is 86.3 cm³/mol. The van der Waals surface area contributed by atoms with Crippen LogP contribution in [0.2, 0.25) is 10.0 Å². The predicted octanol–water partition coefficient (Wildman–Crippen LogP) is 3.52. The summed E-state index contributed by atoms with van der Waals surface area (Å²) in [5, 5.41) is 0.807. The first-order chi connectivity index (χ1) is 10.1. The van der Waals surface area contributed by atoms with Gasteiger partial charge in [-0.05, 0) is 36.2 Å². The van der Waals surface area contributed by atoms with E-state index in [2.05, 4.69) is 0 Å². The number of carbonyl (C=O) groups excluding carboxylic acids is 1. The summed E-state index contributed by atoms with van der Waals surface area (Å²) in [5.41, 5.74) is 8.58. The summed E-state index contributed by atoms with van der Waals surface area (Å²) in [7, 11) is 0. The second-order valence-corrected chi connectivity index (χ2v) is 5.95. The van der Waals surface area contributed by atoms with Gasteiger partial charge >= 0.3 is 0 Å². The van der Waals surface area contributed by atoms with Gasteiger partial charge in [0, 0.05) is 23.8 Å². The molecule has 0 aromatic heterocycles. The first-order valence-electron chi connectivity index (χ1n) is 6.66. The van der Waals surface area contributed by atoms with E-state index >= 15 is 0 Å². The third-order valence-corrected chi connectivity index (χ3v) is 4.33. The maximum absolute atomic E-state index is 12.7. The zero-order valence-electron chi connectivity index (χ0n) is 11.2. The van der Waals surface area contributed by atoms with Crippen LogP contribution in [0.25, 0.3) is 0 Å². The second-order valence-electron chi connectivity index (χ2n) is 5.14. The smallest absolute Gasteiger partial charge is 0.258 e. The van der Waals surface area contributed by atoms with Crippen molar-refractivity contribution in [1.29, 1.82) is 0 Å². The lowest BCUT2D eigenvalue weighted by atomic mass is 9.97. The van der Waals surface area contributed by atoms with Crippen LogP contribution in [0.3, 0.4) is 0 Å². The van der Waals surface area contributed by atoms with E-state index in [1.54, 1.807) is 23.1 Å². The molecule has 21 heavy (non-hydrogen) atoms. The van der Waals surface area contributed by atoms with Crippen molar-refractivity contribution in [1.82, 2.24) is 0 Å². The van der Waals surface area contributed by atoms with Crippen molar-refractivity contribution in [3.8, 4) is 0 Å². The van der Waals surface area contributed by atoms with Crippen LogP contribution in [0, 0.1) is 0 Å². The molecule has 0 fully saturated rings. The van der Waals surface area contributed by atoms with E-state index in [-0.39, 0.29) is 11.9 Å². The topological polar surface area (TPSA) is 46.3 Å². The van der Waals surface area contributed by atoms with E-state index in [1.165, 1.54) is 0 Å². The Morgan fingerprint density at radius 1 is 1.14 bits per heavy atom. The van der Waals surface area contributed by atoms with Crippen LogP contribution < -0.4 is 10.6 Å². The maximum Gasteiger partial charge on any atom is 0.258 e. The van der Waals surface area contributed by atoms with Crippen molar-refractivity contribution in [3.05, 3.63) is 63.6 Å². The molecule has 1 unspecified atom stereocenters. The number of carbonyl (C=O) groups is 1. The summed E-state index contributed by atoms with van der Waals surface area (Å²) in [5.74, 6) is -0.115. The Labute approximate surface area is 133 Å². The van der Waals surface area contributed by atoms with E-state index in [9.17, 15) is 4.79 Å². The van der Waals surface area contributed by atoms with E-state index < -0.39 is 0 Å². The van der Waals surface area contributed by atoms with Crippen molar-refractivity contribution in [2.75, 3.05) is 11.4 Å². The van der Waals surface area contributed by atoms with Crippen LogP contribution in [-0.4, -0.2) is 18.5 Å². The average Bonchev–Trinajstić information content (AvgIpc) is 2.48. The molecule has 3 nitrogen and oxygen atoms in total. The Morgan fingerprint density at radius 2 is 1.90 bits per heavy atom. The van der Waals surface area contributed by atoms with E-state index in [1.807, 2.05) is 24.3 Å². The summed E-state index contributed by atoms with van der Waals surface area (Å²) >= 11 is 11.9. The molecule has 3 rings (SSSR count). The number of hydrogen-bond donors (Lipinski definition) is 1. The second kappa shape index (κ2) is 5.68. The molecule has 0 saturated carbocycles. The lowest BCUT2D eigenvalue weighted by Gasteiger charge is -2.33. The van der Waals surface area contributed by atoms with Crippen LogP contribution >= 0.6 is 23.2 Å². The first-order valence-corrected chi connectivity index (χ1v) is 7.42. The molecular weight excluding hydrogens is 307 g/mol. The largest absolute Gasteiger partial charge is 0.326 e. The molecule has 1 heterocycles. The van der Waals surface area contributed by atoms with E-state index in [0.717, 1.165) is 17.7 Å². The van der Waals surface area contributed by atoms with Gasteiger partial charge in [-0.25, -0.2) is 0 Å². The Morgan fingerprint density at radius 3 is 2.67 bits per heavy atom. The molecular formula is C16H14Cl2N2O. The lowest BCUT2D eigenvalue weighted by molar-refractivity contribution is 0.0983. The number of rotatable bonds is 1. The number of nitrogens with zero attached hydrogens (tertiary/aromatic N) is 1. The highest BCUT2D eigenvalue weighted by Crippen LogP contribution is 2.29. The first kappa shape index (κ1) is 14.4. The van der Waals surface area contributed by atoms with Gasteiger partial charge in [0.25, 0.3) is 5.91 Å². The van der Waals surface area contributed by atoms with Gasteiger partial charge in [-0.3, -0.25) is 4.79 Å². The average molecular weight is 321 g/mol. The zero-order chi connectivity index (χ0) is 15.0. The quantitative estimate of drug-likeness (QED) is 0.873. The van der Waals surface area contributed by atoms with Gasteiger partial charge in [-0.2, -0.15) is 0 Å². The minimum Gasteiger partial charge on any atom is -0.326 e. The van der Waals surface area contributed by atoms with Crippen molar-refractivity contribution in [2.45, 2.75) is 12.5 Å². The molecule has 0 aliphatic carbocycles. The van der Waals surface area contributed by atoms with Crippen LogP contribution in [-0.2, 0) is 6.42 Å². The number of fused-ring (bicyclic) bond motifs is 1. The van der Waals surface area contributed by atoms with Crippen LogP contribution in [0.5, 0.6) is 0 Å². The third kappa shape index (κ3) is 2.77. The molecule has 1 aliphatic rings. The molecule has 0 spiro atoms. The number of para-hydroxylation sites is 1. The fourth-order valence-corrected chi connectivity index (χ4v) is 2.90. The standard InChI is InChI=1S/C16H14Cl2N2O/c17-13-6-5-11(8-14(13)18)16(21)20-9-12(19)7-10-3-1-2-4-15(10)20/h1-6,8,12H,7,9,19H2. The molecule has 0 radical (unpaired) electrons. The summed E-state index contributed by atoms with van der Waals surface area (Å²) in [6, 6.07) is 12.7. The van der Waals surface area contributed by atoms with Gasteiger partial charge in [0.15, 0.2) is 0 Å². The normalized spacial score (nSPS) is 17.5. The van der Waals surface area contributed by atoms with Crippen LogP contribution in [0.4, 0.5) is 5.69 Å². The monoisotopic (exact) mass is 320 g/mol.